The molecule has 0 atom stereocenters. The number of carbonyl (C=O) groups is 1. The zero-order valence-corrected chi connectivity index (χ0v) is 17.7. The second-order valence-corrected chi connectivity index (χ2v) is 7.99. The second-order valence-electron chi connectivity index (χ2n) is 6.32. The highest BCUT2D eigenvalue weighted by molar-refractivity contribution is 8.26. The van der Waals surface area contributed by atoms with Crippen molar-refractivity contribution in [3.05, 3.63) is 44.7 Å². The summed E-state index contributed by atoms with van der Waals surface area (Å²) in [6.45, 7) is 5.39. The van der Waals surface area contributed by atoms with Gasteiger partial charge in [-0.25, -0.2) is 4.98 Å². The van der Waals surface area contributed by atoms with Gasteiger partial charge in [0.1, 0.15) is 15.8 Å². The Morgan fingerprint density at radius 3 is 2.89 bits per heavy atom. The number of carbonyl (C=O) groups excluding carboxylic acids is 1. The quantitative estimate of drug-likeness (QED) is 0.547. The number of pyridine rings is 1. The molecule has 0 radical (unpaired) electrons. The standard InChI is InChI=1S/C19H22N4O3S2/c1-4-7-20-15-13(17(24)22-8-5-6-12(2)16(22)21-15)11-14-18(25)23(9-10-26-3)19(27)28-14/h5-6,8,11,20H,4,7,9-10H2,1-3H3/b14-11+. The molecule has 1 amide bonds. The molecule has 7 nitrogen and oxygen atoms in total. The lowest BCUT2D eigenvalue weighted by atomic mass is 10.2. The number of aromatic nitrogens is 2. The number of nitrogens with zero attached hydrogens (tertiary/aromatic N) is 3. The zero-order valence-electron chi connectivity index (χ0n) is 16.0. The number of hydrogen-bond acceptors (Lipinski definition) is 7. The molecule has 0 aliphatic carbocycles. The Morgan fingerprint density at radius 2 is 2.18 bits per heavy atom. The Labute approximate surface area is 172 Å². The van der Waals surface area contributed by atoms with Gasteiger partial charge in [-0.2, -0.15) is 0 Å². The number of anilines is 1. The Morgan fingerprint density at radius 1 is 1.39 bits per heavy atom. The summed E-state index contributed by atoms with van der Waals surface area (Å²) in [6, 6.07) is 3.71. The maximum absolute atomic E-state index is 13.1. The Bertz CT molecular complexity index is 1020. The lowest BCUT2D eigenvalue weighted by molar-refractivity contribution is -0.122. The second kappa shape index (κ2) is 8.85. The van der Waals surface area contributed by atoms with E-state index in [1.807, 2.05) is 19.9 Å². The summed E-state index contributed by atoms with van der Waals surface area (Å²) in [4.78, 5) is 32.4. The summed E-state index contributed by atoms with van der Waals surface area (Å²) < 4.78 is 7.00. The molecule has 0 spiro atoms. The molecular formula is C19H22N4O3S2. The monoisotopic (exact) mass is 418 g/mol. The van der Waals surface area contributed by atoms with Gasteiger partial charge in [0.25, 0.3) is 11.5 Å². The number of aryl methyl sites for hydroxylation is 1. The highest BCUT2D eigenvalue weighted by atomic mass is 32.2. The van der Waals surface area contributed by atoms with Gasteiger partial charge >= 0.3 is 0 Å². The third-order valence-electron chi connectivity index (χ3n) is 4.29. The minimum atomic E-state index is -0.227. The topological polar surface area (TPSA) is 75.9 Å². The lowest BCUT2D eigenvalue weighted by Crippen LogP contribution is -2.31. The van der Waals surface area contributed by atoms with E-state index >= 15 is 0 Å². The van der Waals surface area contributed by atoms with Crippen LogP contribution in [0.5, 0.6) is 0 Å². The molecule has 3 heterocycles. The fourth-order valence-corrected chi connectivity index (χ4v) is 4.12. The molecule has 148 valence electrons. The molecule has 1 N–H and O–H groups in total. The van der Waals surface area contributed by atoms with Gasteiger partial charge in [-0.3, -0.25) is 18.9 Å². The summed E-state index contributed by atoms with van der Waals surface area (Å²) in [6.07, 6.45) is 4.16. The molecule has 28 heavy (non-hydrogen) atoms. The van der Waals surface area contributed by atoms with Crippen LogP contribution in [0, 0.1) is 6.92 Å². The van der Waals surface area contributed by atoms with E-state index in [1.165, 1.54) is 21.1 Å². The highest BCUT2D eigenvalue weighted by Gasteiger charge is 2.32. The molecule has 0 aromatic carbocycles. The Hall–Kier alpha value is -2.23. The number of thioether (sulfide) groups is 1. The number of nitrogens with one attached hydrogen (secondary N) is 1. The minimum Gasteiger partial charge on any atom is -0.383 e. The van der Waals surface area contributed by atoms with Gasteiger partial charge in [0.2, 0.25) is 0 Å². The number of amides is 1. The largest absolute Gasteiger partial charge is 0.383 e. The predicted octanol–water partition coefficient (Wildman–Crippen LogP) is 2.67. The van der Waals surface area contributed by atoms with E-state index in [4.69, 9.17) is 17.0 Å². The van der Waals surface area contributed by atoms with Gasteiger partial charge in [-0.15, -0.1) is 0 Å². The SMILES string of the molecule is CCCNc1nc2c(C)cccn2c(=O)c1/C=C1/SC(=S)N(CCOC)C1=O. The van der Waals surface area contributed by atoms with E-state index in [0.717, 1.165) is 12.0 Å². The van der Waals surface area contributed by atoms with E-state index in [2.05, 4.69) is 10.3 Å². The van der Waals surface area contributed by atoms with E-state index in [1.54, 1.807) is 25.4 Å². The van der Waals surface area contributed by atoms with Crippen molar-refractivity contribution in [2.75, 3.05) is 32.1 Å². The Kier molecular flexibility index (Phi) is 6.48. The first-order valence-corrected chi connectivity index (χ1v) is 10.2. The summed E-state index contributed by atoms with van der Waals surface area (Å²) in [7, 11) is 1.57. The normalized spacial score (nSPS) is 15.8. The molecule has 1 fully saturated rings. The maximum Gasteiger partial charge on any atom is 0.267 e. The first-order chi connectivity index (χ1) is 13.5. The summed E-state index contributed by atoms with van der Waals surface area (Å²) in [5.74, 6) is 0.255. The van der Waals surface area contributed by atoms with Gasteiger partial charge < -0.3 is 10.1 Å². The van der Waals surface area contributed by atoms with E-state index in [9.17, 15) is 9.59 Å². The van der Waals surface area contributed by atoms with E-state index in [-0.39, 0.29) is 11.5 Å². The van der Waals surface area contributed by atoms with Crippen molar-refractivity contribution in [3.8, 4) is 0 Å². The number of ether oxygens (including phenoxy) is 1. The average molecular weight is 419 g/mol. The Balaban J connectivity index is 2.10. The van der Waals surface area contributed by atoms with Crippen LogP contribution in [-0.2, 0) is 9.53 Å². The molecular weight excluding hydrogens is 396 g/mol. The smallest absolute Gasteiger partial charge is 0.267 e. The number of methoxy groups -OCH3 is 1. The minimum absolute atomic E-state index is 0.220. The summed E-state index contributed by atoms with van der Waals surface area (Å²) in [5.41, 5.74) is 1.62. The van der Waals surface area contributed by atoms with Crippen molar-refractivity contribution in [3.63, 3.8) is 0 Å². The van der Waals surface area contributed by atoms with Gasteiger partial charge in [0, 0.05) is 19.9 Å². The summed E-state index contributed by atoms with van der Waals surface area (Å²) in [5, 5.41) is 3.21. The number of rotatable bonds is 7. The zero-order chi connectivity index (χ0) is 20.3. The van der Waals surface area contributed by atoms with Crippen LogP contribution < -0.4 is 10.9 Å². The van der Waals surface area contributed by atoms with E-state index < -0.39 is 0 Å². The maximum atomic E-state index is 13.1. The lowest BCUT2D eigenvalue weighted by Gasteiger charge is -2.13. The number of thiocarbonyl (C=S) groups is 1. The average Bonchev–Trinajstić information content (AvgIpc) is 2.94. The molecule has 2 aromatic rings. The van der Waals surface area contributed by atoms with Gasteiger partial charge in [-0.05, 0) is 31.1 Å². The highest BCUT2D eigenvalue weighted by Crippen LogP contribution is 2.32. The van der Waals surface area contributed by atoms with Gasteiger partial charge in [0.15, 0.2) is 0 Å². The molecule has 0 saturated carbocycles. The first kappa shape index (κ1) is 20.5. The van der Waals surface area contributed by atoms with Crippen LogP contribution in [0.25, 0.3) is 11.7 Å². The van der Waals surface area contributed by atoms with E-state index in [0.29, 0.717) is 46.0 Å². The number of hydrogen-bond donors (Lipinski definition) is 1. The molecule has 9 heteroatoms. The third kappa shape index (κ3) is 3.96. The first-order valence-electron chi connectivity index (χ1n) is 8.98. The van der Waals surface area contributed by atoms with Crippen LogP contribution in [0.2, 0.25) is 0 Å². The fourth-order valence-electron chi connectivity index (χ4n) is 2.83. The van der Waals surface area contributed by atoms with Gasteiger partial charge in [-0.1, -0.05) is 37.0 Å². The third-order valence-corrected chi connectivity index (χ3v) is 5.67. The van der Waals surface area contributed by atoms with Crippen molar-refractivity contribution >= 4 is 51.7 Å². The van der Waals surface area contributed by atoms with Crippen molar-refractivity contribution in [1.29, 1.82) is 0 Å². The van der Waals surface area contributed by atoms with Crippen LogP contribution in [-0.4, -0.2) is 51.3 Å². The summed E-state index contributed by atoms with van der Waals surface area (Å²) >= 11 is 6.50. The van der Waals surface area contributed by atoms with Crippen molar-refractivity contribution in [1.82, 2.24) is 14.3 Å². The van der Waals surface area contributed by atoms with Crippen LogP contribution in [0.3, 0.4) is 0 Å². The van der Waals surface area contributed by atoms with Gasteiger partial charge in [0.05, 0.1) is 23.6 Å². The predicted molar refractivity (Wildman–Crippen MR) is 117 cm³/mol. The molecule has 1 aliphatic heterocycles. The van der Waals surface area contributed by atoms with Crippen LogP contribution >= 0.6 is 24.0 Å². The molecule has 1 aliphatic rings. The van der Waals surface area contributed by atoms with Crippen LogP contribution in [0.4, 0.5) is 5.82 Å². The van der Waals surface area contributed by atoms with Crippen LogP contribution in [0.15, 0.2) is 28.0 Å². The molecule has 3 rings (SSSR count). The van der Waals surface area contributed by atoms with Crippen molar-refractivity contribution in [2.45, 2.75) is 20.3 Å². The number of fused-ring (bicyclic) bond motifs is 1. The molecule has 1 saturated heterocycles. The van der Waals surface area contributed by atoms with Crippen molar-refractivity contribution in [2.24, 2.45) is 0 Å². The fraction of sp³-hybridized carbons (Fsp3) is 0.368. The van der Waals surface area contributed by atoms with Crippen LogP contribution in [0.1, 0.15) is 24.5 Å². The van der Waals surface area contributed by atoms with Crippen molar-refractivity contribution < 1.29 is 9.53 Å². The molecule has 0 bridgehead atoms. The molecule has 0 unspecified atom stereocenters. The molecule has 2 aromatic heterocycles.